The maximum atomic E-state index is 10.3. The molecule has 2 nitrogen and oxygen atoms in total. The first kappa shape index (κ1) is 14.7. The second kappa shape index (κ2) is 5.74. The van der Waals surface area contributed by atoms with Crippen LogP contribution in [0.25, 0.3) is 0 Å². The molecular formula is C18H24O2. The molecule has 0 unspecified atom stereocenters. The first-order chi connectivity index (χ1) is 9.43. The Morgan fingerprint density at radius 2 is 1.90 bits per heavy atom. The second-order valence-electron chi connectivity index (χ2n) is 5.99. The zero-order valence-electron chi connectivity index (χ0n) is 12.6. The summed E-state index contributed by atoms with van der Waals surface area (Å²) in [5, 5.41) is 20.7. The predicted molar refractivity (Wildman–Crippen MR) is 83.2 cm³/mol. The Bertz CT molecular complexity index is 532. The SMILES string of the molecule is C=C(C)[C@@H]1CC(C)=C[C@H]1c1c(O)cc(CCC)cc1O. The number of benzene rings is 1. The van der Waals surface area contributed by atoms with Gasteiger partial charge in [0.15, 0.2) is 0 Å². The Morgan fingerprint density at radius 1 is 1.30 bits per heavy atom. The number of allylic oxidation sites excluding steroid dienone is 3. The molecule has 0 heterocycles. The van der Waals surface area contributed by atoms with Crippen molar-refractivity contribution >= 4 is 0 Å². The molecular weight excluding hydrogens is 248 g/mol. The van der Waals surface area contributed by atoms with Crippen LogP contribution in [0, 0.1) is 5.92 Å². The van der Waals surface area contributed by atoms with Gasteiger partial charge in [0.05, 0.1) is 0 Å². The molecule has 2 atom stereocenters. The molecule has 0 bridgehead atoms. The van der Waals surface area contributed by atoms with E-state index in [9.17, 15) is 10.2 Å². The summed E-state index contributed by atoms with van der Waals surface area (Å²) in [7, 11) is 0. The van der Waals surface area contributed by atoms with Crippen molar-refractivity contribution in [2.24, 2.45) is 5.92 Å². The highest BCUT2D eigenvalue weighted by Gasteiger charge is 2.31. The minimum absolute atomic E-state index is 0.0307. The molecule has 2 rings (SSSR count). The van der Waals surface area contributed by atoms with Crippen molar-refractivity contribution in [3.63, 3.8) is 0 Å². The van der Waals surface area contributed by atoms with Gasteiger partial charge in [-0.3, -0.25) is 0 Å². The van der Waals surface area contributed by atoms with Crippen LogP contribution >= 0.6 is 0 Å². The molecule has 2 N–H and O–H groups in total. The maximum Gasteiger partial charge on any atom is 0.123 e. The molecule has 0 spiro atoms. The lowest BCUT2D eigenvalue weighted by Crippen LogP contribution is -2.08. The van der Waals surface area contributed by atoms with E-state index in [2.05, 4.69) is 26.5 Å². The van der Waals surface area contributed by atoms with Crippen LogP contribution in [0.2, 0.25) is 0 Å². The Balaban J connectivity index is 2.44. The molecule has 0 amide bonds. The van der Waals surface area contributed by atoms with Crippen molar-refractivity contribution in [2.75, 3.05) is 0 Å². The largest absolute Gasteiger partial charge is 0.507 e. The first-order valence-corrected chi connectivity index (χ1v) is 7.31. The summed E-state index contributed by atoms with van der Waals surface area (Å²) in [5.41, 5.74) is 4.02. The molecule has 0 aliphatic heterocycles. The van der Waals surface area contributed by atoms with Crippen LogP contribution in [-0.4, -0.2) is 10.2 Å². The second-order valence-corrected chi connectivity index (χ2v) is 5.99. The van der Waals surface area contributed by atoms with Gasteiger partial charge in [0, 0.05) is 11.5 Å². The van der Waals surface area contributed by atoms with Gasteiger partial charge < -0.3 is 10.2 Å². The zero-order valence-corrected chi connectivity index (χ0v) is 12.6. The van der Waals surface area contributed by atoms with Crippen LogP contribution in [0.3, 0.4) is 0 Å². The van der Waals surface area contributed by atoms with E-state index in [0.29, 0.717) is 5.56 Å². The van der Waals surface area contributed by atoms with E-state index < -0.39 is 0 Å². The highest BCUT2D eigenvalue weighted by Crippen LogP contribution is 2.47. The third-order valence-electron chi connectivity index (χ3n) is 4.14. The van der Waals surface area contributed by atoms with Gasteiger partial charge in [-0.1, -0.05) is 37.1 Å². The van der Waals surface area contributed by atoms with E-state index in [1.165, 1.54) is 5.57 Å². The molecule has 1 aliphatic carbocycles. The molecule has 0 radical (unpaired) electrons. The number of aromatic hydroxyl groups is 2. The van der Waals surface area contributed by atoms with Gasteiger partial charge in [0.1, 0.15) is 11.5 Å². The van der Waals surface area contributed by atoms with Crippen LogP contribution in [0.1, 0.15) is 50.7 Å². The fraction of sp³-hybridized carbons (Fsp3) is 0.444. The molecule has 0 fully saturated rings. The van der Waals surface area contributed by atoms with Gasteiger partial charge in [-0.05, 0) is 50.3 Å². The maximum absolute atomic E-state index is 10.3. The van der Waals surface area contributed by atoms with Crippen molar-refractivity contribution in [3.8, 4) is 11.5 Å². The summed E-state index contributed by atoms with van der Waals surface area (Å²) in [5.74, 6) is 0.707. The highest BCUT2D eigenvalue weighted by molar-refractivity contribution is 5.52. The third kappa shape index (κ3) is 2.74. The number of hydrogen-bond donors (Lipinski definition) is 2. The van der Waals surface area contributed by atoms with E-state index in [-0.39, 0.29) is 23.3 Å². The van der Waals surface area contributed by atoms with Crippen LogP contribution in [-0.2, 0) is 6.42 Å². The van der Waals surface area contributed by atoms with Crippen LogP contribution < -0.4 is 0 Å². The fourth-order valence-electron chi connectivity index (χ4n) is 3.18. The van der Waals surface area contributed by atoms with Crippen molar-refractivity contribution in [1.82, 2.24) is 0 Å². The van der Waals surface area contributed by atoms with E-state index >= 15 is 0 Å². The van der Waals surface area contributed by atoms with Gasteiger partial charge in [-0.15, -0.1) is 0 Å². The minimum atomic E-state index is 0.0307. The standard InChI is InChI=1S/C18H24O2/c1-5-6-13-9-16(19)18(17(20)10-13)15-8-12(4)7-14(15)11(2)3/h8-10,14-15,19-20H,2,5-7H2,1,3-4H3/t14-,15+/m0/s1. The molecule has 108 valence electrons. The van der Waals surface area contributed by atoms with E-state index in [0.717, 1.165) is 30.4 Å². The number of hydrogen-bond acceptors (Lipinski definition) is 2. The lowest BCUT2D eigenvalue weighted by Gasteiger charge is -2.22. The molecule has 20 heavy (non-hydrogen) atoms. The Morgan fingerprint density at radius 3 is 2.40 bits per heavy atom. The van der Waals surface area contributed by atoms with Crippen molar-refractivity contribution < 1.29 is 10.2 Å². The van der Waals surface area contributed by atoms with E-state index in [4.69, 9.17) is 0 Å². The molecule has 1 aromatic rings. The summed E-state index contributed by atoms with van der Waals surface area (Å²) in [4.78, 5) is 0. The quantitative estimate of drug-likeness (QED) is 0.781. The van der Waals surface area contributed by atoms with Gasteiger partial charge in [0.25, 0.3) is 0 Å². The van der Waals surface area contributed by atoms with Crippen LogP contribution in [0.4, 0.5) is 0 Å². The Labute approximate surface area is 121 Å². The fourth-order valence-corrected chi connectivity index (χ4v) is 3.18. The number of phenolic OH excluding ortho intramolecular Hbond substituents is 2. The van der Waals surface area contributed by atoms with Crippen molar-refractivity contribution in [1.29, 1.82) is 0 Å². The minimum Gasteiger partial charge on any atom is -0.507 e. The first-order valence-electron chi connectivity index (χ1n) is 7.31. The lowest BCUT2D eigenvalue weighted by atomic mass is 9.83. The average molecular weight is 272 g/mol. The number of rotatable bonds is 4. The molecule has 1 aromatic carbocycles. The Kier molecular flexibility index (Phi) is 4.22. The van der Waals surface area contributed by atoms with Gasteiger partial charge in [-0.2, -0.15) is 0 Å². The zero-order chi connectivity index (χ0) is 14.9. The molecule has 0 saturated carbocycles. The Hall–Kier alpha value is -1.70. The third-order valence-corrected chi connectivity index (χ3v) is 4.14. The van der Waals surface area contributed by atoms with Gasteiger partial charge in [0.2, 0.25) is 0 Å². The summed E-state index contributed by atoms with van der Waals surface area (Å²) in [6.07, 6.45) is 4.96. The highest BCUT2D eigenvalue weighted by atomic mass is 16.3. The summed E-state index contributed by atoms with van der Waals surface area (Å²) in [6, 6.07) is 3.57. The lowest BCUT2D eigenvalue weighted by molar-refractivity contribution is 0.423. The van der Waals surface area contributed by atoms with E-state index in [1.807, 2.05) is 6.92 Å². The predicted octanol–water partition coefficient (Wildman–Crippen LogP) is 4.68. The van der Waals surface area contributed by atoms with Crippen molar-refractivity contribution in [2.45, 2.75) is 46.0 Å². The summed E-state index contributed by atoms with van der Waals surface area (Å²) < 4.78 is 0. The van der Waals surface area contributed by atoms with Crippen LogP contribution in [0.5, 0.6) is 11.5 Å². The van der Waals surface area contributed by atoms with Gasteiger partial charge in [-0.25, -0.2) is 0 Å². The van der Waals surface area contributed by atoms with Gasteiger partial charge >= 0.3 is 0 Å². The average Bonchev–Trinajstić information content (AvgIpc) is 2.71. The molecule has 1 aliphatic rings. The van der Waals surface area contributed by atoms with E-state index in [1.54, 1.807) is 12.1 Å². The number of phenols is 2. The molecule has 0 aromatic heterocycles. The molecule has 2 heteroatoms. The monoisotopic (exact) mass is 272 g/mol. The smallest absolute Gasteiger partial charge is 0.123 e. The normalized spacial score (nSPS) is 21.9. The summed E-state index contributed by atoms with van der Waals surface area (Å²) in [6.45, 7) is 10.3. The number of aryl methyl sites for hydroxylation is 1. The summed E-state index contributed by atoms with van der Waals surface area (Å²) >= 11 is 0. The topological polar surface area (TPSA) is 40.5 Å². The van der Waals surface area contributed by atoms with Crippen molar-refractivity contribution in [3.05, 3.63) is 47.1 Å². The van der Waals surface area contributed by atoms with Crippen LogP contribution in [0.15, 0.2) is 35.9 Å². The molecule has 0 saturated heterocycles.